The summed E-state index contributed by atoms with van der Waals surface area (Å²) in [5, 5.41) is 31.2. The molecule has 6 N–H and O–H groups in total. The van der Waals surface area contributed by atoms with E-state index in [0.717, 1.165) is 5.56 Å². The SMILES string of the molecule is CC(C)[C@@H]1NC(=O)c2cc(ccc2O)Oc2ccc(cc2)C[C@@H](C(=O)NC2CCC(O)CC2)NC(=O)[C@H](C)NC1=O. The third kappa shape index (κ3) is 7.75. The number of ether oxygens (including phenoxy) is 1. The maximum atomic E-state index is 13.3. The zero-order chi connectivity index (χ0) is 29.7. The highest BCUT2D eigenvalue weighted by Gasteiger charge is 2.31. The van der Waals surface area contributed by atoms with Gasteiger partial charge in [-0.3, -0.25) is 19.2 Å². The number of aliphatic hydroxyl groups excluding tert-OH is 1. The van der Waals surface area contributed by atoms with Crippen molar-refractivity contribution in [2.45, 2.75) is 83.1 Å². The van der Waals surface area contributed by atoms with E-state index in [1.54, 1.807) is 38.1 Å². The van der Waals surface area contributed by atoms with Crippen LogP contribution in [-0.4, -0.2) is 64.1 Å². The van der Waals surface area contributed by atoms with Crippen LogP contribution < -0.4 is 26.0 Å². The molecule has 11 nitrogen and oxygen atoms in total. The Bertz CT molecular complexity index is 1270. The van der Waals surface area contributed by atoms with Gasteiger partial charge in [-0.1, -0.05) is 26.0 Å². The third-order valence-electron chi connectivity index (χ3n) is 7.48. The van der Waals surface area contributed by atoms with Crippen LogP contribution in [-0.2, 0) is 20.8 Å². The van der Waals surface area contributed by atoms with Crippen molar-refractivity contribution in [1.82, 2.24) is 21.3 Å². The van der Waals surface area contributed by atoms with E-state index in [9.17, 15) is 29.4 Å². The smallest absolute Gasteiger partial charge is 0.255 e. The minimum atomic E-state index is -1.01. The summed E-state index contributed by atoms with van der Waals surface area (Å²) in [6.07, 6.45) is 2.32. The molecule has 2 aromatic rings. The molecule has 2 heterocycles. The third-order valence-corrected chi connectivity index (χ3v) is 7.48. The first-order chi connectivity index (χ1) is 19.5. The Morgan fingerprint density at radius 1 is 0.927 bits per heavy atom. The number of rotatable bonds is 3. The molecular formula is C30H38N4O7. The summed E-state index contributed by atoms with van der Waals surface area (Å²) in [4.78, 5) is 52.7. The van der Waals surface area contributed by atoms with E-state index in [1.165, 1.54) is 25.1 Å². The van der Waals surface area contributed by atoms with Crippen LogP contribution in [0, 0.1) is 5.92 Å². The van der Waals surface area contributed by atoms with Crippen molar-refractivity contribution in [1.29, 1.82) is 0 Å². The molecule has 2 aliphatic heterocycles. The number of carbonyl (C=O) groups excluding carboxylic acids is 4. The monoisotopic (exact) mass is 566 g/mol. The molecule has 3 aliphatic rings. The lowest BCUT2D eigenvalue weighted by molar-refractivity contribution is -0.132. The van der Waals surface area contributed by atoms with Crippen molar-refractivity contribution in [2.24, 2.45) is 5.92 Å². The molecule has 0 unspecified atom stereocenters. The number of phenols is 1. The Hall–Kier alpha value is -4.12. The van der Waals surface area contributed by atoms with Crippen molar-refractivity contribution in [3.8, 4) is 17.2 Å². The first kappa shape index (κ1) is 29.9. The van der Waals surface area contributed by atoms with Crippen molar-refractivity contribution < 1.29 is 34.1 Å². The van der Waals surface area contributed by atoms with Crippen molar-refractivity contribution in [2.75, 3.05) is 0 Å². The second-order valence-electron chi connectivity index (χ2n) is 11.1. The van der Waals surface area contributed by atoms with Crippen LogP contribution in [0.1, 0.15) is 62.4 Å². The van der Waals surface area contributed by atoms with Crippen LogP contribution in [0.4, 0.5) is 0 Å². The van der Waals surface area contributed by atoms with E-state index >= 15 is 0 Å². The quantitative estimate of drug-likeness (QED) is 0.309. The van der Waals surface area contributed by atoms with Gasteiger partial charge in [0.15, 0.2) is 0 Å². The minimum Gasteiger partial charge on any atom is -0.507 e. The number of phenolic OH excluding ortho intramolecular Hbond substituents is 1. The van der Waals surface area contributed by atoms with Crippen LogP contribution in [0.2, 0.25) is 0 Å². The molecule has 41 heavy (non-hydrogen) atoms. The second-order valence-corrected chi connectivity index (χ2v) is 11.1. The van der Waals surface area contributed by atoms with E-state index < -0.39 is 35.8 Å². The summed E-state index contributed by atoms with van der Waals surface area (Å²) in [5.74, 6) is -2.01. The van der Waals surface area contributed by atoms with Crippen LogP contribution in [0.15, 0.2) is 42.5 Å². The van der Waals surface area contributed by atoms with Crippen LogP contribution in [0.5, 0.6) is 17.2 Å². The molecule has 4 bridgehead atoms. The Labute approximate surface area is 239 Å². The number of benzene rings is 2. The Kier molecular flexibility index (Phi) is 9.49. The lowest BCUT2D eigenvalue weighted by atomic mass is 9.92. The van der Waals surface area contributed by atoms with E-state index in [0.29, 0.717) is 37.2 Å². The highest BCUT2D eigenvalue weighted by molar-refractivity contribution is 6.00. The van der Waals surface area contributed by atoms with E-state index in [1.807, 2.05) is 0 Å². The van der Waals surface area contributed by atoms with Gasteiger partial charge in [0.05, 0.1) is 11.7 Å². The number of amides is 4. The molecule has 0 radical (unpaired) electrons. The van der Waals surface area contributed by atoms with Crippen molar-refractivity contribution in [3.63, 3.8) is 0 Å². The van der Waals surface area contributed by atoms with Crippen molar-refractivity contribution in [3.05, 3.63) is 53.6 Å². The fraction of sp³-hybridized carbons (Fsp3) is 0.467. The Balaban J connectivity index is 1.63. The minimum absolute atomic E-state index is 0.0641. The first-order valence-electron chi connectivity index (χ1n) is 14.0. The first-order valence-corrected chi connectivity index (χ1v) is 14.0. The predicted molar refractivity (Wildman–Crippen MR) is 150 cm³/mol. The van der Waals surface area contributed by atoms with Crippen LogP contribution >= 0.6 is 0 Å². The molecule has 3 atom stereocenters. The molecule has 220 valence electrons. The van der Waals surface area contributed by atoms with Crippen LogP contribution in [0.3, 0.4) is 0 Å². The molecule has 2 aromatic carbocycles. The highest BCUT2D eigenvalue weighted by Crippen LogP contribution is 2.28. The van der Waals surface area contributed by atoms with Gasteiger partial charge < -0.3 is 36.2 Å². The largest absolute Gasteiger partial charge is 0.507 e. The normalized spacial score (nSPS) is 25.7. The summed E-state index contributed by atoms with van der Waals surface area (Å²) < 4.78 is 5.89. The fourth-order valence-electron chi connectivity index (χ4n) is 4.98. The van der Waals surface area contributed by atoms with Gasteiger partial charge in [-0.05, 0) is 74.4 Å². The number of aliphatic hydroxyl groups is 1. The molecule has 1 fully saturated rings. The average molecular weight is 567 g/mol. The van der Waals surface area contributed by atoms with Gasteiger partial charge in [0.1, 0.15) is 35.4 Å². The Morgan fingerprint density at radius 3 is 2.24 bits per heavy atom. The molecule has 5 rings (SSSR count). The molecule has 0 saturated heterocycles. The van der Waals surface area contributed by atoms with Crippen molar-refractivity contribution >= 4 is 23.6 Å². The molecule has 4 amide bonds. The number of fused-ring (bicyclic) bond motifs is 11. The summed E-state index contributed by atoms with van der Waals surface area (Å²) in [6, 6.07) is 8.18. The molecule has 0 aromatic heterocycles. The van der Waals surface area contributed by atoms with E-state index in [-0.39, 0.29) is 41.7 Å². The maximum Gasteiger partial charge on any atom is 0.255 e. The van der Waals surface area contributed by atoms with Gasteiger partial charge in [-0.2, -0.15) is 0 Å². The number of nitrogens with one attached hydrogen (secondary N) is 4. The van der Waals surface area contributed by atoms with Gasteiger partial charge in [-0.15, -0.1) is 0 Å². The second kappa shape index (κ2) is 13.0. The predicted octanol–water partition coefficient (Wildman–Crippen LogP) is 1.90. The van der Waals surface area contributed by atoms with E-state index in [4.69, 9.17) is 4.74 Å². The van der Waals surface area contributed by atoms with Gasteiger partial charge in [-0.25, -0.2) is 0 Å². The number of hydrogen-bond acceptors (Lipinski definition) is 7. The van der Waals surface area contributed by atoms with Gasteiger partial charge >= 0.3 is 0 Å². The standard InChI is InChI=1S/C30H38N4O7/c1-16(2)26-30(40)31-17(3)27(37)33-24(29(39)32-19-6-8-20(35)9-7-19)14-18-4-10-21(11-5-18)41-22-12-13-25(36)23(15-22)28(38)34-26/h4-5,10-13,15-17,19-20,24,26,35-36H,6-9,14H2,1-3H3,(H,31,40)(H,32,39)(H,33,37)(H,34,38)/t17-,19?,20?,24-,26-/m0/s1. The van der Waals surface area contributed by atoms with Gasteiger partial charge in [0.2, 0.25) is 17.7 Å². The summed E-state index contributed by atoms with van der Waals surface area (Å²) in [6.45, 7) is 4.99. The molecule has 0 spiro atoms. The maximum absolute atomic E-state index is 13.3. The van der Waals surface area contributed by atoms with E-state index in [2.05, 4.69) is 21.3 Å². The summed E-state index contributed by atoms with van der Waals surface area (Å²) >= 11 is 0. The lowest BCUT2D eigenvalue weighted by Gasteiger charge is -2.29. The zero-order valence-corrected chi connectivity index (χ0v) is 23.5. The summed E-state index contributed by atoms with van der Waals surface area (Å²) in [7, 11) is 0. The van der Waals surface area contributed by atoms with Gasteiger partial charge in [0, 0.05) is 12.5 Å². The van der Waals surface area contributed by atoms with Crippen LogP contribution in [0.25, 0.3) is 0 Å². The molecule has 1 aliphatic carbocycles. The van der Waals surface area contributed by atoms with Gasteiger partial charge in [0.25, 0.3) is 5.91 Å². The molecule has 1 saturated carbocycles. The molecular weight excluding hydrogens is 528 g/mol. The number of aromatic hydroxyl groups is 1. The topological polar surface area (TPSA) is 166 Å². The summed E-state index contributed by atoms with van der Waals surface area (Å²) in [5.41, 5.74) is 0.700. The zero-order valence-electron chi connectivity index (χ0n) is 23.5. The number of carbonyl (C=O) groups is 4. The average Bonchev–Trinajstić information content (AvgIpc) is 2.93. The number of hydrogen-bond donors (Lipinski definition) is 6. The molecule has 11 heteroatoms. The fourth-order valence-corrected chi connectivity index (χ4v) is 4.98. The highest BCUT2D eigenvalue weighted by atomic mass is 16.5. The Morgan fingerprint density at radius 2 is 1.59 bits per heavy atom. The lowest BCUT2D eigenvalue weighted by Crippen LogP contribution is -2.57.